The van der Waals surface area contributed by atoms with E-state index in [0.29, 0.717) is 6.61 Å². The number of ether oxygens (including phenoxy) is 1. The van der Waals surface area contributed by atoms with Gasteiger partial charge in [-0.05, 0) is 31.8 Å². The largest absolute Gasteiger partial charge is 0.448 e. The molecule has 1 aliphatic heterocycles. The van der Waals surface area contributed by atoms with Crippen LogP contribution in [-0.4, -0.2) is 56.2 Å². The summed E-state index contributed by atoms with van der Waals surface area (Å²) in [6, 6.07) is 0. The van der Waals surface area contributed by atoms with Crippen LogP contribution in [0.15, 0.2) is 0 Å². The van der Waals surface area contributed by atoms with Gasteiger partial charge in [0.15, 0.2) is 0 Å². The molecule has 0 saturated carbocycles. The molecule has 1 saturated heterocycles. The van der Waals surface area contributed by atoms with Crippen molar-refractivity contribution in [1.82, 2.24) is 9.80 Å². The summed E-state index contributed by atoms with van der Waals surface area (Å²) < 4.78 is 5.10. The highest BCUT2D eigenvalue weighted by Crippen LogP contribution is 2.19. The molecule has 94 valence electrons. The number of likely N-dealkylation sites (tertiary alicyclic amines) is 1. The fraction of sp³-hybridized carbons (Fsp3) is 0.917. The number of carbonyl (C=O) groups is 1. The summed E-state index contributed by atoms with van der Waals surface area (Å²) in [6.07, 6.45) is 3.63. The summed E-state index contributed by atoms with van der Waals surface area (Å²) in [4.78, 5) is 15.0. The number of carbonyl (C=O) groups excluding carboxylic acids is 1. The maximum atomic E-state index is 11.2. The van der Waals surface area contributed by atoms with Crippen LogP contribution in [-0.2, 0) is 4.74 Å². The molecule has 0 aliphatic carbocycles. The molecular formula is C12H24N2O2. The molecule has 1 heterocycles. The Hall–Kier alpha value is -0.770. The molecule has 1 fully saturated rings. The Balaban J connectivity index is 2.08. The predicted octanol–water partition coefficient (Wildman–Crippen LogP) is 1.81. The maximum absolute atomic E-state index is 11.2. The van der Waals surface area contributed by atoms with Crippen LogP contribution in [0.2, 0.25) is 0 Å². The standard InChI is InChI=1S/C12H24N2O2/c1-4-11-5-7-14(8-6-11)9-10-16-12(15)13(2)3/h11H,4-10H2,1-3H3. The smallest absolute Gasteiger partial charge is 0.409 e. The Bertz CT molecular complexity index is 211. The van der Waals surface area contributed by atoms with Gasteiger partial charge in [-0.1, -0.05) is 13.3 Å². The third-order valence-electron chi connectivity index (χ3n) is 3.28. The van der Waals surface area contributed by atoms with E-state index in [9.17, 15) is 4.79 Å². The minimum absolute atomic E-state index is 0.247. The average Bonchev–Trinajstić information content (AvgIpc) is 2.29. The van der Waals surface area contributed by atoms with E-state index in [-0.39, 0.29) is 6.09 Å². The molecule has 4 heteroatoms. The molecule has 4 nitrogen and oxygen atoms in total. The topological polar surface area (TPSA) is 32.8 Å². The molecule has 0 N–H and O–H groups in total. The van der Waals surface area contributed by atoms with Gasteiger partial charge in [0.2, 0.25) is 0 Å². The van der Waals surface area contributed by atoms with E-state index in [0.717, 1.165) is 25.6 Å². The van der Waals surface area contributed by atoms with E-state index in [2.05, 4.69) is 11.8 Å². The second-order valence-electron chi connectivity index (χ2n) is 4.70. The highest BCUT2D eigenvalue weighted by atomic mass is 16.6. The molecule has 0 aromatic rings. The van der Waals surface area contributed by atoms with Gasteiger partial charge in [-0.2, -0.15) is 0 Å². The monoisotopic (exact) mass is 228 g/mol. The molecule has 0 atom stereocenters. The molecule has 0 bridgehead atoms. The first-order valence-electron chi connectivity index (χ1n) is 6.20. The van der Waals surface area contributed by atoms with Gasteiger partial charge in [-0.25, -0.2) is 4.79 Å². The summed E-state index contributed by atoms with van der Waals surface area (Å²) in [5.41, 5.74) is 0. The lowest BCUT2D eigenvalue weighted by Crippen LogP contribution is -2.36. The highest BCUT2D eigenvalue weighted by molar-refractivity contribution is 5.66. The Kier molecular flexibility index (Phi) is 5.60. The number of amides is 1. The number of rotatable bonds is 4. The second kappa shape index (κ2) is 6.74. The maximum Gasteiger partial charge on any atom is 0.409 e. The molecule has 0 aromatic carbocycles. The molecule has 1 aliphatic rings. The first-order valence-corrected chi connectivity index (χ1v) is 6.20. The number of piperidine rings is 1. The van der Waals surface area contributed by atoms with E-state index >= 15 is 0 Å². The number of hydrogen-bond donors (Lipinski definition) is 0. The number of hydrogen-bond acceptors (Lipinski definition) is 3. The van der Waals surface area contributed by atoms with Crippen molar-refractivity contribution in [3.05, 3.63) is 0 Å². The minimum Gasteiger partial charge on any atom is -0.448 e. The first kappa shape index (κ1) is 13.3. The van der Waals surface area contributed by atoms with Crippen LogP contribution in [0.5, 0.6) is 0 Å². The van der Waals surface area contributed by atoms with E-state index in [1.165, 1.54) is 24.2 Å². The average molecular weight is 228 g/mol. The molecule has 0 unspecified atom stereocenters. The molecule has 0 spiro atoms. The molecule has 16 heavy (non-hydrogen) atoms. The van der Waals surface area contributed by atoms with Gasteiger partial charge in [0, 0.05) is 20.6 Å². The fourth-order valence-electron chi connectivity index (χ4n) is 2.01. The van der Waals surface area contributed by atoms with Crippen LogP contribution < -0.4 is 0 Å². The lowest BCUT2D eigenvalue weighted by molar-refractivity contribution is 0.0936. The first-order chi connectivity index (χ1) is 7.63. The van der Waals surface area contributed by atoms with Gasteiger partial charge in [0.25, 0.3) is 0 Å². The van der Waals surface area contributed by atoms with Crippen molar-refractivity contribution in [3.63, 3.8) is 0 Å². The lowest BCUT2D eigenvalue weighted by Gasteiger charge is -2.31. The van der Waals surface area contributed by atoms with Crippen LogP contribution in [0, 0.1) is 5.92 Å². The lowest BCUT2D eigenvalue weighted by atomic mass is 9.94. The van der Waals surface area contributed by atoms with Gasteiger partial charge in [0.1, 0.15) is 6.61 Å². The van der Waals surface area contributed by atoms with Crippen LogP contribution in [0.25, 0.3) is 0 Å². The van der Waals surface area contributed by atoms with Crippen molar-refractivity contribution >= 4 is 6.09 Å². The summed E-state index contributed by atoms with van der Waals surface area (Å²) in [5, 5.41) is 0. The normalized spacial score (nSPS) is 18.4. The summed E-state index contributed by atoms with van der Waals surface area (Å²) in [7, 11) is 3.41. The second-order valence-corrected chi connectivity index (χ2v) is 4.70. The van der Waals surface area contributed by atoms with Crippen molar-refractivity contribution < 1.29 is 9.53 Å². The van der Waals surface area contributed by atoms with Crippen molar-refractivity contribution in [3.8, 4) is 0 Å². The van der Waals surface area contributed by atoms with Crippen molar-refractivity contribution in [2.75, 3.05) is 40.3 Å². The zero-order chi connectivity index (χ0) is 12.0. The number of nitrogens with zero attached hydrogens (tertiary/aromatic N) is 2. The van der Waals surface area contributed by atoms with Gasteiger partial charge in [0.05, 0.1) is 0 Å². The quantitative estimate of drug-likeness (QED) is 0.735. The van der Waals surface area contributed by atoms with Crippen LogP contribution >= 0.6 is 0 Å². The van der Waals surface area contributed by atoms with Crippen molar-refractivity contribution in [1.29, 1.82) is 0 Å². The fourth-order valence-corrected chi connectivity index (χ4v) is 2.01. The minimum atomic E-state index is -0.247. The predicted molar refractivity (Wildman–Crippen MR) is 64.5 cm³/mol. The Labute approximate surface area is 98.5 Å². The van der Waals surface area contributed by atoms with Gasteiger partial charge in [-0.15, -0.1) is 0 Å². The van der Waals surface area contributed by atoms with Gasteiger partial charge in [-0.3, -0.25) is 4.90 Å². The molecule has 1 rings (SSSR count). The Morgan fingerprint density at radius 2 is 2.00 bits per heavy atom. The van der Waals surface area contributed by atoms with Crippen molar-refractivity contribution in [2.45, 2.75) is 26.2 Å². The summed E-state index contributed by atoms with van der Waals surface area (Å²) in [6.45, 7) is 5.94. The van der Waals surface area contributed by atoms with E-state index < -0.39 is 0 Å². The third-order valence-corrected chi connectivity index (χ3v) is 3.28. The third kappa shape index (κ3) is 4.39. The Morgan fingerprint density at radius 1 is 1.38 bits per heavy atom. The zero-order valence-electron chi connectivity index (χ0n) is 10.7. The van der Waals surface area contributed by atoms with E-state index in [1.54, 1.807) is 14.1 Å². The molecule has 0 aromatic heterocycles. The van der Waals surface area contributed by atoms with E-state index in [4.69, 9.17) is 4.74 Å². The van der Waals surface area contributed by atoms with E-state index in [1.807, 2.05) is 0 Å². The van der Waals surface area contributed by atoms with Crippen LogP contribution in [0.4, 0.5) is 4.79 Å². The van der Waals surface area contributed by atoms with Crippen LogP contribution in [0.1, 0.15) is 26.2 Å². The SMILES string of the molecule is CCC1CCN(CCOC(=O)N(C)C)CC1. The summed E-state index contributed by atoms with van der Waals surface area (Å²) >= 11 is 0. The van der Waals surface area contributed by atoms with Crippen molar-refractivity contribution in [2.24, 2.45) is 5.92 Å². The molecule has 1 amide bonds. The zero-order valence-corrected chi connectivity index (χ0v) is 10.7. The van der Waals surface area contributed by atoms with Gasteiger partial charge >= 0.3 is 6.09 Å². The highest BCUT2D eigenvalue weighted by Gasteiger charge is 2.17. The van der Waals surface area contributed by atoms with Crippen LogP contribution in [0.3, 0.4) is 0 Å². The molecule has 0 radical (unpaired) electrons. The van der Waals surface area contributed by atoms with Gasteiger partial charge < -0.3 is 9.64 Å². The molecular weight excluding hydrogens is 204 g/mol. The summed E-state index contributed by atoms with van der Waals surface area (Å²) in [5.74, 6) is 0.903. The Morgan fingerprint density at radius 3 is 2.50 bits per heavy atom.